The van der Waals surface area contributed by atoms with Crippen molar-refractivity contribution in [3.8, 4) is 0 Å². The van der Waals surface area contributed by atoms with E-state index < -0.39 is 0 Å². The average molecular weight is 173 g/mol. The van der Waals surface area contributed by atoms with Crippen molar-refractivity contribution in [3.05, 3.63) is 24.3 Å². The maximum atomic E-state index is 4.24. The summed E-state index contributed by atoms with van der Waals surface area (Å²) in [5, 5.41) is 11.8. The minimum absolute atomic E-state index is 0.659. The van der Waals surface area contributed by atoms with Crippen LogP contribution < -0.4 is 5.32 Å². The van der Waals surface area contributed by atoms with E-state index in [1.165, 1.54) is 18.2 Å². The predicted molar refractivity (Wildman–Crippen MR) is 52.7 cm³/mol. The van der Waals surface area contributed by atoms with Crippen molar-refractivity contribution in [2.24, 2.45) is 0 Å². The fourth-order valence-electron chi connectivity index (χ4n) is 1.49. The summed E-state index contributed by atoms with van der Waals surface area (Å²) >= 11 is 0. The zero-order chi connectivity index (χ0) is 8.67. The van der Waals surface area contributed by atoms with Crippen LogP contribution in [0.4, 0.5) is 5.82 Å². The van der Waals surface area contributed by atoms with Crippen LogP contribution in [0.5, 0.6) is 0 Å². The normalized spacial score (nSPS) is 16.3. The minimum Gasteiger partial charge on any atom is -0.365 e. The zero-order valence-corrected chi connectivity index (χ0v) is 7.25. The van der Waals surface area contributed by atoms with Gasteiger partial charge in [0.2, 0.25) is 0 Å². The molecular formula is C10H11N3. The Labute approximate surface area is 76.1 Å². The predicted octanol–water partition coefficient (Wildman–Crippen LogP) is 2.14. The lowest BCUT2D eigenvalue weighted by Crippen LogP contribution is -2.00. The molecule has 1 fully saturated rings. The van der Waals surface area contributed by atoms with Crippen LogP contribution in [-0.2, 0) is 0 Å². The molecule has 0 aliphatic heterocycles. The number of hydrogen-bond donors (Lipinski definition) is 2. The van der Waals surface area contributed by atoms with Gasteiger partial charge in [-0.1, -0.05) is 12.1 Å². The molecule has 0 unspecified atom stereocenters. The molecule has 3 nitrogen and oxygen atoms in total. The first-order chi connectivity index (χ1) is 6.43. The molecule has 0 spiro atoms. The molecule has 0 atom stereocenters. The summed E-state index contributed by atoms with van der Waals surface area (Å²) in [6.45, 7) is 0. The fourth-order valence-corrected chi connectivity index (χ4v) is 1.49. The van der Waals surface area contributed by atoms with Gasteiger partial charge in [0.05, 0.1) is 5.52 Å². The number of nitrogens with zero attached hydrogens (tertiary/aromatic N) is 1. The third kappa shape index (κ3) is 1.16. The number of nitrogens with one attached hydrogen (secondary N) is 2. The van der Waals surface area contributed by atoms with Gasteiger partial charge >= 0.3 is 0 Å². The number of hydrogen-bond acceptors (Lipinski definition) is 2. The van der Waals surface area contributed by atoms with Crippen LogP contribution in [0.3, 0.4) is 0 Å². The van der Waals surface area contributed by atoms with Gasteiger partial charge in [-0.2, -0.15) is 5.10 Å². The largest absolute Gasteiger partial charge is 0.365 e. The van der Waals surface area contributed by atoms with E-state index in [2.05, 4.69) is 21.6 Å². The molecule has 2 aromatic rings. The molecule has 13 heavy (non-hydrogen) atoms. The van der Waals surface area contributed by atoms with Crippen LogP contribution in [0.1, 0.15) is 12.8 Å². The molecule has 1 heterocycles. The van der Waals surface area contributed by atoms with Gasteiger partial charge in [-0.05, 0) is 25.0 Å². The second kappa shape index (κ2) is 2.49. The summed E-state index contributed by atoms with van der Waals surface area (Å²) in [5.41, 5.74) is 1.10. The Morgan fingerprint density at radius 1 is 1.31 bits per heavy atom. The van der Waals surface area contributed by atoms with Crippen LogP contribution in [0.2, 0.25) is 0 Å². The molecule has 1 aromatic carbocycles. The van der Waals surface area contributed by atoms with Crippen molar-refractivity contribution < 1.29 is 0 Å². The van der Waals surface area contributed by atoms with E-state index in [1.54, 1.807) is 0 Å². The van der Waals surface area contributed by atoms with Gasteiger partial charge in [0, 0.05) is 11.4 Å². The maximum Gasteiger partial charge on any atom is 0.155 e. The molecule has 2 N–H and O–H groups in total. The van der Waals surface area contributed by atoms with Crippen molar-refractivity contribution >= 4 is 16.7 Å². The Bertz CT molecular complexity index is 428. The van der Waals surface area contributed by atoms with Gasteiger partial charge < -0.3 is 5.32 Å². The second-order valence-electron chi connectivity index (χ2n) is 3.54. The standard InChI is InChI=1S/C10H11N3/c1-2-4-9-8(3-1)10(13-12-9)11-7-5-6-7/h1-4,7H,5-6H2,(H2,11,12,13). The van der Waals surface area contributed by atoms with E-state index in [9.17, 15) is 0 Å². The number of benzene rings is 1. The number of fused-ring (bicyclic) bond motifs is 1. The van der Waals surface area contributed by atoms with E-state index in [1.807, 2.05) is 18.2 Å². The summed E-state index contributed by atoms with van der Waals surface area (Å²) in [7, 11) is 0. The first-order valence-corrected chi connectivity index (χ1v) is 4.63. The smallest absolute Gasteiger partial charge is 0.155 e. The fraction of sp³-hybridized carbons (Fsp3) is 0.300. The monoisotopic (exact) mass is 173 g/mol. The van der Waals surface area contributed by atoms with Crippen molar-refractivity contribution in [3.63, 3.8) is 0 Å². The number of aromatic nitrogens is 2. The highest BCUT2D eigenvalue weighted by atomic mass is 15.2. The topological polar surface area (TPSA) is 40.7 Å². The Morgan fingerprint density at radius 2 is 2.15 bits per heavy atom. The number of rotatable bonds is 2. The van der Waals surface area contributed by atoms with Gasteiger partial charge in [-0.3, -0.25) is 5.10 Å². The van der Waals surface area contributed by atoms with Crippen LogP contribution in [0.15, 0.2) is 24.3 Å². The lowest BCUT2D eigenvalue weighted by Gasteiger charge is -1.98. The molecule has 1 aliphatic carbocycles. The van der Waals surface area contributed by atoms with Crippen LogP contribution in [0.25, 0.3) is 10.9 Å². The molecule has 3 heteroatoms. The number of anilines is 1. The summed E-state index contributed by atoms with van der Waals surface area (Å²) in [4.78, 5) is 0. The maximum absolute atomic E-state index is 4.24. The first kappa shape index (κ1) is 6.95. The molecule has 0 saturated heterocycles. The number of H-pyrrole nitrogens is 1. The second-order valence-corrected chi connectivity index (χ2v) is 3.54. The molecule has 3 rings (SSSR count). The quantitative estimate of drug-likeness (QED) is 0.730. The lowest BCUT2D eigenvalue weighted by molar-refractivity contribution is 1.06. The first-order valence-electron chi connectivity index (χ1n) is 4.63. The molecule has 66 valence electrons. The van der Waals surface area contributed by atoms with E-state index in [4.69, 9.17) is 0 Å². The third-order valence-corrected chi connectivity index (χ3v) is 2.39. The molecule has 1 aromatic heterocycles. The van der Waals surface area contributed by atoms with E-state index in [-0.39, 0.29) is 0 Å². The molecule has 0 amide bonds. The van der Waals surface area contributed by atoms with Crippen molar-refractivity contribution in [1.82, 2.24) is 10.2 Å². The average Bonchev–Trinajstić information content (AvgIpc) is 2.88. The minimum atomic E-state index is 0.659. The van der Waals surface area contributed by atoms with Gasteiger partial charge in [0.1, 0.15) is 0 Å². The van der Waals surface area contributed by atoms with Crippen molar-refractivity contribution in [2.45, 2.75) is 18.9 Å². The summed E-state index contributed by atoms with van der Waals surface area (Å²) in [6, 6.07) is 8.84. The van der Waals surface area contributed by atoms with Crippen molar-refractivity contribution in [2.75, 3.05) is 5.32 Å². The van der Waals surface area contributed by atoms with Gasteiger partial charge in [0.25, 0.3) is 0 Å². The van der Waals surface area contributed by atoms with Crippen LogP contribution >= 0.6 is 0 Å². The zero-order valence-electron chi connectivity index (χ0n) is 7.25. The number of aromatic amines is 1. The van der Waals surface area contributed by atoms with Gasteiger partial charge in [0.15, 0.2) is 5.82 Å². The highest BCUT2D eigenvalue weighted by Crippen LogP contribution is 2.27. The van der Waals surface area contributed by atoms with Gasteiger partial charge in [-0.25, -0.2) is 0 Å². The van der Waals surface area contributed by atoms with E-state index in [0.717, 1.165) is 11.3 Å². The SMILES string of the molecule is c1ccc2c(NC3CC3)n[nH]c2c1. The molecule has 0 bridgehead atoms. The Balaban J connectivity index is 2.06. The molecule has 1 saturated carbocycles. The highest BCUT2D eigenvalue weighted by molar-refractivity contribution is 5.89. The molecule has 0 radical (unpaired) electrons. The molecule has 1 aliphatic rings. The Kier molecular flexibility index (Phi) is 1.33. The van der Waals surface area contributed by atoms with Crippen molar-refractivity contribution in [1.29, 1.82) is 0 Å². The van der Waals surface area contributed by atoms with Crippen LogP contribution in [0, 0.1) is 0 Å². The molecular weight excluding hydrogens is 162 g/mol. The summed E-state index contributed by atoms with van der Waals surface area (Å²) < 4.78 is 0. The number of para-hydroxylation sites is 1. The summed E-state index contributed by atoms with van der Waals surface area (Å²) in [6.07, 6.45) is 2.56. The third-order valence-electron chi connectivity index (χ3n) is 2.39. The highest BCUT2D eigenvalue weighted by Gasteiger charge is 2.22. The Morgan fingerprint density at radius 3 is 3.00 bits per heavy atom. The van der Waals surface area contributed by atoms with Crippen LogP contribution in [-0.4, -0.2) is 16.2 Å². The Hall–Kier alpha value is -1.51. The van der Waals surface area contributed by atoms with E-state index >= 15 is 0 Å². The summed E-state index contributed by atoms with van der Waals surface area (Å²) in [5.74, 6) is 0.998. The van der Waals surface area contributed by atoms with E-state index in [0.29, 0.717) is 6.04 Å². The lowest BCUT2D eigenvalue weighted by atomic mass is 10.2. The van der Waals surface area contributed by atoms with Gasteiger partial charge in [-0.15, -0.1) is 0 Å².